The van der Waals surface area contributed by atoms with Gasteiger partial charge in [-0.1, -0.05) is 13.8 Å². The average molecular weight is 148 g/mol. The van der Waals surface area contributed by atoms with Crippen molar-refractivity contribution in [3.8, 4) is 0 Å². The first-order chi connectivity index (χ1) is 4.22. The molecule has 0 radical (unpaired) electrons. The minimum Gasteiger partial charge on any atom is -0.311 e. The molecule has 3 nitrogen and oxygen atoms in total. The van der Waals surface area contributed by atoms with Crippen LogP contribution in [0.3, 0.4) is 0 Å². The number of carbonyl (C=O) groups is 1. The van der Waals surface area contributed by atoms with Crippen molar-refractivity contribution >= 4 is 16.5 Å². The minimum absolute atomic E-state index is 0.0426. The summed E-state index contributed by atoms with van der Waals surface area (Å²) in [6, 6.07) is 0. The highest BCUT2D eigenvalue weighted by Gasteiger charge is 2.11. The summed E-state index contributed by atoms with van der Waals surface area (Å²) in [5.41, 5.74) is 0. The lowest BCUT2D eigenvalue weighted by Gasteiger charge is -2.04. The molecule has 9 heavy (non-hydrogen) atoms. The zero-order chi connectivity index (χ0) is 7.28. The molecule has 0 amide bonds. The summed E-state index contributed by atoms with van der Waals surface area (Å²) in [4.78, 5) is 15.0. The van der Waals surface area contributed by atoms with Crippen LogP contribution in [0.2, 0.25) is 0 Å². The van der Waals surface area contributed by atoms with Crippen LogP contribution in [0, 0.1) is 5.92 Å². The molecule has 0 N–H and O–H groups in total. The number of carbonyl (C=O) groups excluding carboxylic acids is 1. The van der Waals surface area contributed by atoms with Gasteiger partial charge in [0.15, 0.2) is 0 Å². The summed E-state index contributed by atoms with van der Waals surface area (Å²) < 4.78 is 4.32. The molecule has 0 aromatic heterocycles. The van der Waals surface area contributed by atoms with E-state index in [1.54, 1.807) is 0 Å². The van der Waals surface area contributed by atoms with Crippen molar-refractivity contribution in [1.29, 1.82) is 0 Å². The molecule has 0 spiro atoms. The fourth-order valence-corrected chi connectivity index (χ4v) is 0.495. The summed E-state index contributed by atoms with van der Waals surface area (Å²) in [7, 11) is 0.442. The first kappa shape index (κ1) is 8.65. The molecule has 1 unspecified atom stereocenters. The fourth-order valence-electron chi connectivity index (χ4n) is 0.331. The Morgan fingerprint density at radius 3 is 2.67 bits per heavy atom. The molecular weight excluding hydrogens is 136 g/mol. The second kappa shape index (κ2) is 4.52. The van der Waals surface area contributed by atoms with Crippen LogP contribution in [0.4, 0.5) is 0 Å². The Morgan fingerprint density at radius 1 is 1.78 bits per heavy atom. The zero-order valence-electron chi connectivity index (χ0n) is 6.01. The smallest absolute Gasteiger partial charge is 0.311 e. The van der Waals surface area contributed by atoms with Crippen molar-refractivity contribution in [3.63, 3.8) is 0 Å². The van der Waals surface area contributed by atoms with Crippen molar-refractivity contribution in [2.24, 2.45) is 5.92 Å². The lowest BCUT2D eigenvalue weighted by Crippen LogP contribution is -2.13. The van der Waals surface area contributed by atoms with E-state index in [0.717, 1.165) is 6.42 Å². The number of hydrogen-bond acceptors (Lipinski definition) is 3. The van der Waals surface area contributed by atoms with Crippen molar-refractivity contribution < 1.29 is 14.3 Å². The summed E-state index contributed by atoms with van der Waals surface area (Å²) in [5.74, 6) is -0.313. The molecule has 0 aromatic rings. The third-order valence-corrected chi connectivity index (χ3v) is 1.35. The molecule has 0 bridgehead atoms. The van der Waals surface area contributed by atoms with Crippen LogP contribution in [0.1, 0.15) is 20.3 Å². The Kier molecular flexibility index (Phi) is 4.34. The highest BCUT2D eigenvalue weighted by Crippen LogP contribution is 2.01. The molecule has 0 saturated carbocycles. The highest BCUT2D eigenvalue weighted by molar-refractivity contribution is 5.97. The van der Waals surface area contributed by atoms with Gasteiger partial charge in [-0.2, -0.15) is 0 Å². The molecule has 0 aliphatic carbocycles. The van der Waals surface area contributed by atoms with Crippen LogP contribution < -0.4 is 0 Å². The standard InChI is InChI=1S/C5H12O3Si/c1-3-4(2)5(6)7-8-9/h4H,3H2,1-2,9H3. The van der Waals surface area contributed by atoms with Crippen LogP contribution in [0.15, 0.2) is 0 Å². The van der Waals surface area contributed by atoms with E-state index < -0.39 is 0 Å². The van der Waals surface area contributed by atoms with Gasteiger partial charge in [0.1, 0.15) is 0 Å². The third kappa shape index (κ3) is 3.26. The Balaban J connectivity index is 3.46. The zero-order valence-corrected chi connectivity index (χ0v) is 8.01. The van der Waals surface area contributed by atoms with Gasteiger partial charge < -0.3 is 4.89 Å². The molecule has 0 aromatic carbocycles. The van der Waals surface area contributed by atoms with Crippen molar-refractivity contribution in [2.45, 2.75) is 20.3 Å². The lowest BCUT2D eigenvalue weighted by molar-refractivity contribution is -0.216. The minimum atomic E-state index is -0.271. The molecule has 1 atom stereocenters. The average Bonchev–Trinajstić information content (AvgIpc) is 1.87. The second-order valence-corrected chi connectivity index (χ2v) is 2.21. The van der Waals surface area contributed by atoms with Crippen LogP contribution >= 0.6 is 0 Å². The quantitative estimate of drug-likeness (QED) is 0.315. The van der Waals surface area contributed by atoms with Gasteiger partial charge in [-0.25, -0.2) is 4.79 Å². The normalized spacial score (nSPS) is 13.1. The van der Waals surface area contributed by atoms with Crippen LogP contribution in [-0.4, -0.2) is 16.5 Å². The van der Waals surface area contributed by atoms with E-state index in [2.05, 4.69) is 9.46 Å². The maximum atomic E-state index is 10.6. The number of rotatable bonds is 3. The van der Waals surface area contributed by atoms with Gasteiger partial charge in [0, 0.05) is 0 Å². The predicted molar refractivity (Wildman–Crippen MR) is 36.6 cm³/mol. The van der Waals surface area contributed by atoms with E-state index in [1.807, 2.05) is 13.8 Å². The Bertz CT molecular complexity index is 94.2. The predicted octanol–water partition coefficient (Wildman–Crippen LogP) is -0.212. The molecule has 0 rings (SSSR count). The highest BCUT2D eigenvalue weighted by atomic mass is 28.2. The largest absolute Gasteiger partial charge is 0.343 e. The van der Waals surface area contributed by atoms with E-state index in [9.17, 15) is 4.79 Å². The molecule has 4 heteroatoms. The van der Waals surface area contributed by atoms with Crippen molar-refractivity contribution in [3.05, 3.63) is 0 Å². The molecule has 0 heterocycles. The van der Waals surface area contributed by atoms with Gasteiger partial charge in [-0.3, -0.25) is 4.58 Å². The second-order valence-electron chi connectivity index (χ2n) is 1.88. The van der Waals surface area contributed by atoms with Crippen LogP contribution in [0.25, 0.3) is 0 Å². The van der Waals surface area contributed by atoms with E-state index in [-0.39, 0.29) is 11.9 Å². The topological polar surface area (TPSA) is 35.5 Å². The lowest BCUT2D eigenvalue weighted by atomic mass is 10.1. The molecular formula is C5H12O3Si. The summed E-state index contributed by atoms with van der Waals surface area (Å²) >= 11 is 0. The van der Waals surface area contributed by atoms with Gasteiger partial charge in [0.25, 0.3) is 0 Å². The Labute approximate surface area is 57.8 Å². The first-order valence-corrected chi connectivity index (χ1v) is 3.78. The SMILES string of the molecule is CCC(C)C(=O)OO[SiH3]. The molecule has 54 valence electrons. The Morgan fingerprint density at radius 2 is 2.33 bits per heavy atom. The van der Waals surface area contributed by atoms with Gasteiger partial charge in [0.2, 0.25) is 10.5 Å². The van der Waals surface area contributed by atoms with Crippen LogP contribution in [-0.2, 0) is 14.3 Å². The van der Waals surface area contributed by atoms with E-state index in [0.29, 0.717) is 10.5 Å². The monoisotopic (exact) mass is 148 g/mol. The summed E-state index contributed by atoms with van der Waals surface area (Å²) in [6.45, 7) is 3.74. The fraction of sp³-hybridized carbons (Fsp3) is 0.800. The van der Waals surface area contributed by atoms with Gasteiger partial charge in [0.05, 0.1) is 5.92 Å². The summed E-state index contributed by atoms with van der Waals surface area (Å²) in [5, 5.41) is 0. The Hall–Kier alpha value is -0.353. The molecule has 0 saturated heterocycles. The van der Waals surface area contributed by atoms with E-state index in [4.69, 9.17) is 0 Å². The van der Waals surface area contributed by atoms with Gasteiger partial charge >= 0.3 is 5.97 Å². The van der Waals surface area contributed by atoms with Crippen molar-refractivity contribution in [2.75, 3.05) is 0 Å². The maximum Gasteiger partial charge on any atom is 0.343 e. The molecule has 0 fully saturated rings. The first-order valence-electron chi connectivity index (χ1n) is 2.96. The molecule has 0 aliphatic rings. The van der Waals surface area contributed by atoms with Crippen molar-refractivity contribution in [1.82, 2.24) is 0 Å². The van der Waals surface area contributed by atoms with E-state index in [1.165, 1.54) is 0 Å². The van der Waals surface area contributed by atoms with Gasteiger partial charge in [-0.05, 0) is 6.42 Å². The van der Waals surface area contributed by atoms with E-state index >= 15 is 0 Å². The third-order valence-electron chi connectivity index (χ3n) is 1.18. The van der Waals surface area contributed by atoms with Gasteiger partial charge in [-0.15, -0.1) is 0 Å². The number of hydrogen-bond donors (Lipinski definition) is 0. The molecule has 0 aliphatic heterocycles. The maximum absolute atomic E-state index is 10.6. The van der Waals surface area contributed by atoms with Crippen LogP contribution in [0.5, 0.6) is 0 Å². The summed E-state index contributed by atoms with van der Waals surface area (Å²) in [6.07, 6.45) is 0.795.